The molecule has 0 amide bonds. The lowest BCUT2D eigenvalue weighted by atomic mass is 11.1. The SMILES string of the molecule is C=CS(=O)(=O)C=C.c1ncncn1. The minimum Gasteiger partial charge on any atom is -0.225 e. The van der Waals surface area contributed by atoms with E-state index in [9.17, 15) is 8.42 Å². The van der Waals surface area contributed by atoms with Crippen LogP contribution >= 0.6 is 0 Å². The summed E-state index contributed by atoms with van der Waals surface area (Å²) in [4.78, 5) is 10.7. The molecule has 13 heavy (non-hydrogen) atoms. The summed E-state index contributed by atoms with van der Waals surface area (Å²) in [6.07, 6.45) is 4.31. The van der Waals surface area contributed by atoms with Crippen LogP contribution in [0.15, 0.2) is 43.0 Å². The summed E-state index contributed by atoms with van der Waals surface area (Å²) in [6.45, 7) is 6.09. The third-order valence-corrected chi connectivity index (χ3v) is 1.79. The van der Waals surface area contributed by atoms with E-state index in [4.69, 9.17) is 0 Å². The van der Waals surface area contributed by atoms with Gasteiger partial charge in [0, 0.05) is 10.8 Å². The number of hydrogen-bond acceptors (Lipinski definition) is 5. The van der Waals surface area contributed by atoms with Crippen molar-refractivity contribution in [1.29, 1.82) is 0 Å². The highest BCUT2D eigenvalue weighted by molar-refractivity contribution is 7.97. The third kappa shape index (κ3) is 6.82. The lowest BCUT2D eigenvalue weighted by molar-refractivity contribution is 0.613. The van der Waals surface area contributed by atoms with Crippen molar-refractivity contribution in [2.24, 2.45) is 0 Å². The lowest BCUT2D eigenvalue weighted by Gasteiger charge is -1.78. The van der Waals surface area contributed by atoms with Gasteiger partial charge >= 0.3 is 0 Å². The van der Waals surface area contributed by atoms with E-state index in [1.54, 1.807) is 0 Å². The van der Waals surface area contributed by atoms with Crippen LogP contribution in [0.1, 0.15) is 0 Å². The summed E-state index contributed by atoms with van der Waals surface area (Å²) in [5.41, 5.74) is 0. The second-order valence-corrected chi connectivity index (χ2v) is 3.56. The second kappa shape index (κ2) is 6.01. The number of nitrogens with zero attached hydrogens (tertiary/aromatic N) is 3. The first-order valence-electron chi connectivity index (χ1n) is 3.17. The Morgan fingerprint density at radius 2 is 1.23 bits per heavy atom. The van der Waals surface area contributed by atoms with E-state index < -0.39 is 9.84 Å². The van der Waals surface area contributed by atoms with Gasteiger partial charge in [-0.25, -0.2) is 23.4 Å². The van der Waals surface area contributed by atoms with Gasteiger partial charge in [-0.3, -0.25) is 0 Å². The van der Waals surface area contributed by atoms with Crippen LogP contribution in [0.4, 0.5) is 0 Å². The number of sulfone groups is 1. The summed E-state index contributed by atoms with van der Waals surface area (Å²) in [6, 6.07) is 0. The topological polar surface area (TPSA) is 72.8 Å². The minimum atomic E-state index is -3.13. The molecule has 6 heteroatoms. The standard InChI is InChI=1S/C4H6O2S.C3H3N3/c1-3-7(5,6)4-2;1-4-2-6-3-5-1/h3-4H,1-2H2;1-3H. The molecule has 0 spiro atoms. The Bertz CT molecular complexity index is 307. The number of aromatic nitrogens is 3. The first kappa shape index (κ1) is 11.4. The van der Waals surface area contributed by atoms with Crippen molar-refractivity contribution in [3.63, 3.8) is 0 Å². The molecule has 0 unspecified atom stereocenters. The van der Waals surface area contributed by atoms with E-state index in [1.807, 2.05) is 0 Å². The molecule has 1 rings (SSSR count). The highest BCUT2D eigenvalue weighted by atomic mass is 32.2. The number of hydrogen-bond donors (Lipinski definition) is 0. The van der Waals surface area contributed by atoms with Gasteiger partial charge in [-0.05, 0) is 0 Å². The fourth-order valence-corrected chi connectivity index (χ4v) is 0.409. The molecule has 0 aliphatic rings. The lowest BCUT2D eigenvalue weighted by Crippen LogP contribution is -1.83. The molecule has 0 aromatic carbocycles. The Kier molecular flexibility index (Phi) is 5.29. The van der Waals surface area contributed by atoms with E-state index in [0.717, 1.165) is 10.8 Å². The van der Waals surface area contributed by atoms with Crippen molar-refractivity contribution in [2.75, 3.05) is 0 Å². The summed E-state index contributed by atoms with van der Waals surface area (Å²) >= 11 is 0. The van der Waals surface area contributed by atoms with Crippen molar-refractivity contribution in [2.45, 2.75) is 0 Å². The van der Waals surface area contributed by atoms with E-state index >= 15 is 0 Å². The molecular weight excluding hydrogens is 190 g/mol. The van der Waals surface area contributed by atoms with Gasteiger partial charge in [0.1, 0.15) is 19.0 Å². The Morgan fingerprint density at radius 3 is 1.31 bits per heavy atom. The van der Waals surface area contributed by atoms with Crippen molar-refractivity contribution in [1.82, 2.24) is 15.0 Å². The Balaban J connectivity index is 0.000000223. The maximum atomic E-state index is 10.1. The first-order valence-corrected chi connectivity index (χ1v) is 4.78. The van der Waals surface area contributed by atoms with Crippen LogP contribution in [-0.2, 0) is 9.84 Å². The summed E-state index contributed by atoms with van der Waals surface area (Å²) in [5.74, 6) is 0. The molecule has 0 aliphatic carbocycles. The maximum absolute atomic E-state index is 10.1. The molecular formula is C7H9N3O2S. The molecule has 0 bridgehead atoms. The molecule has 0 saturated carbocycles. The van der Waals surface area contributed by atoms with Gasteiger partial charge in [-0.2, -0.15) is 0 Å². The van der Waals surface area contributed by atoms with E-state index in [1.165, 1.54) is 19.0 Å². The third-order valence-electron chi connectivity index (χ3n) is 0.865. The normalized spacial score (nSPS) is 9.23. The van der Waals surface area contributed by atoms with Gasteiger partial charge in [0.2, 0.25) is 0 Å². The largest absolute Gasteiger partial charge is 0.225 e. The van der Waals surface area contributed by atoms with Gasteiger partial charge in [0.15, 0.2) is 9.84 Å². The Labute approximate surface area is 76.8 Å². The summed E-state index contributed by atoms with van der Waals surface area (Å²) < 4.78 is 20.3. The molecule has 70 valence electrons. The molecule has 1 aromatic heterocycles. The Morgan fingerprint density at radius 1 is 0.923 bits per heavy atom. The van der Waals surface area contributed by atoms with E-state index in [2.05, 4.69) is 28.1 Å². The first-order chi connectivity index (χ1) is 6.12. The predicted molar refractivity (Wildman–Crippen MR) is 49.1 cm³/mol. The molecule has 0 atom stereocenters. The fraction of sp³-hybridized carbons (Fsp3) is 0. The van der Waals surface area contributed by atoms with Gasteiger partial charge in [0.05, 0.1) is 0 Å². The molecule has 0 radical (unpaired) electrons. The monoisotopic (exact) mass is 199 g/mol. The second-order valence-electron chi connectivity index (χ2n) is 1.72. The molecule has 1 aromatic rings. The zero-order valence-electron chi connectivity index (χ0n) is 6.87. The van der Waals surface area contributed by atoms with Gasteiger partial charge in [-0.15, -0.1) is 0 Å². The predicted octanol–water partition coefficient (Wildman–Crippen LogP) is 0.560. The van der Waals surface area contributed by atoms with Gasteiger partial charge in [0.25, 0.3) is 0 Å². The van der Waals surface area contributed by atoms with Crippen LogP contribution in [-0.4, -0.2) is 23.4 Å². The van der Waals surface area contributed by atoms with Crippen LogP contribution < -0.4 is 0 Å². The molecule has 5 nitrogen and oxygen atoms in total. The zero-order chi connectivity index (χ0) is 10.2. The average Bonchev–Trinajstić information content (AvgIpc) is 2.21. The van der Waals surface area contributed by atoms with Crippen LogP contribution in [0, 0.1) is 0 Å². The van der Waals surface area contributed by atoms with Crippen molar-refractivity contribution in [3.8, 4) is 0 Å². The Hall–Kier alpha value is -1.56. The highest BCUT2D eigenvalue weighted by Gasteiger charge is 1.90. The molecule has 0 fully saturated rings. The molecule has 1 heterocycles. The fourth-order valence-electron chi connectivity index (χ4n) is 0.273. The summed E-state index contributed by atoms with van der Waals surface area (Å²) in [7, 11) is -3.13. The van der Waals surface area contributed by atoms with Crippen LogP contribution in [0.25, 0.3) is 0 Å². The maximum Gasteiger partial charge on any atom is 0.191 e. The highest BCUT2D eigenvalue weighted by Crippen LogP contribution is 1.87. The zero-order valence-corrected chi connectivity index (χ0v) is 7.68. The van der Waals surface area contributed by atoms with Crippen LogP contribution in [0.5, 0.6) is 0 Å². The van der Waals surface area contributed by atoms with Crippen LogP contribution in [0.3, 0.4) is 0 Å². The van der Waals surface area contributed by atoms with Crippen molar-refractivity contribution < 1.29 is 8.42 Å². The average molecular weight is 199 g/mol. The molecule has 0 N–H and O–H groups in total. The number of rotatable bonds is 2. The van der Waals surface area contributed by atoms with Crippen LogP contribution in [0.2, 0.25) is 0 Å². The smallest absolute Gasteiger partial charge is 0.191 e. The van der Waals surface area contributed by atoms with Crippen molar-refractivity contribution in [3.05, 3.63) is 43.0 Å². The minimum absolute atomic E-state index is 0.847. The summed E-state index contributed by atoms with van der Waals surface area (Å²) in [5, 5.41) is 1.69. The van der Waals surface area contributed by atoms with E-state index in [-0.39, 0.29) is 0 Å². The molecule has 0 saturated heterocycles. The quantitative estimate of drug-likeness (QED) is 0.695. The molecule has 0 aliphatic heterocycles. The van der Waals surface area contributed by atoms with E-state index in [0.29, 0.717) is 0 Å². The van der Waals surface area contributed by atoms with Crippen molar-refractivity contribution >= 4 is 9.84 Å². The van der Waals surface area contributed by atoms with Gasteiger partial charge < -0.3 is 0 Å². The van der Waals surface area contributed by atoms with Gasteiger partial charge in [-0.1, -0.05) is 13.2 Å².